The minimum Gasteiger partial charge on any atom is -0.388 e. The molecule has 3 N–H and O–H groups in total. The van der Waals surface area contributed by atoms with Crippen LogP contribution in [0.4, 0.5) is 5.82 Å². The highest BCUT2D eigenvalue weighted by molar-refractivity contribution is 5.77. The molecule has 76 valence electrons. The summed E-state index contributed by atoms with van der Waals surface area (Å²) in [5.74, 6) is 1.80. The van der Waals surface area contributed by atoms with E-state index in [2.05, 4.69) is 9.97 Å². The Balaban J connectivity index is 2.60. The van der Waals surface area contributed by atoms with Crippen LogP contribution < -0.4 is 10.6 Å². The van der Waals surface area contributed by atoms with Gasteiger partial charge in [-0.15, -0.1) is 0 Å². The van der Waals surface area contributed by atoms with E-state index in [-0.39, 0.29) is 5.84 Å². The van der Waals surface area contributed by atoms with Crippen molar-refractivity contribution in [3.63, 3.8) is 0 Å². The molecule has 1 aromatic rings. The van der Waals surface area contributed by atoms with Gasteiger partial charge in [-0.25, -0.2) is 9.97 Å². The highest BCUT2D eigenvalue weighted by Crippen LogP contribution is 2.07. The third-order valence-corrected chi connectivity index (χ3v) is 1.87. The summed E-state index contributed by atoms with van der Waals surface area (Å²) >= 11 is 0. The van der Waals surface area contributed by atoms with E-state index in [1.54, 1.807) is 6.20 Å². The molecule has 5 heteroatoms. The average Bonchev–Trinajstić information content (AvgIpc) is 2.14. The molecular formula is C9H15N5. The van der Waals surface area contributed by atoms with Gasteiger partial charge in [0, 0.05) is 26.2 Å². The van der Waals surface area contributed by atoms with Crippen LogP contribution in [0.15, 0.2) is 12.3 Å². The summed E-state index contributed by atoms with van der Waals surface area (Å²) in [6.45, 7) is 2.55. The minimum absolute atomic E-state index is 0.197. The van der Waals surface area contributed by atoms with Crippen molar-refractivity contribution in [3.05, 3.63) is 18.1 Å². The summed E-state index contributed by atoms with van der Waals surface area (Å²) in [4.78, 5) is 10.2. The fraction of sp³-hybridized carbons (Fsp3) is 0.444. The van der Waals surface area contributed by atoms with Crippen molar-refractivity contribution >= 4 is 11.7 Å². The molecule has 1 heterocycles. The summed E-state index contributed by atoms with van der Waals surface area (Å²) in [5.41, 5.74) is 5.27. The van der Waals surface area contributed by atoms with Crippen LogP contribution in [0.25, 0.3) is 0 Å². The molecule has 0 aliphatic carbocycles. The van der Waals surface area contributed by atoms with Gasteiger partial charge in [0.2, 0.25) is 0 Å². The molecule has 1 rings (SSSR count). The number of hydrogen-bond acceptors (Lipinski definition) is 4. The monoisotopic (exact) mass is 193 g/mol. The van der Waals surface area contributed by atoms with Gasteiger partial charge >= 0.3 is 0 Å². The Labute approximate surface area is 83.5 Å². The Morgan fingerprint density at radius 1 is 1.64 bits per heavy atom. The zero-order valence-corrected chi connectivity index (χ0v) is 8.49. The first-order valence-corrected chi connectivity index (χ1v) is 4.43. The third kappa shape index (κ3) is 3.01. The van der Waals surface area contributed by atoms with Gasteiger partial charge in [-0.2, -0.15) is 0 Å². The molecule has 0 aromatic carbocycles. The number of aromatic nitrogens is 2. The van der Waals surface area contributed by atoms with Crippen molar-refractivity contribution in [1.82, 2.24) is 9.97 Å². The van der Waals surface area contributed by atoms with Crippen molar-refractivity contribution in [2.75, 3.05) is 18.5 Å². The number of aryl methyl sites for hydroxylation is 1. The van der Waals surface area contributed by atoms with Crippen LogP contribution >= 0.6 is 0 Å². The zero-order valence-electron chi connectivity index (χ0n) is 8.49. The number of hydrogen-bond donors (Lipinski definition) is 2. The fourth-order valence-corrected chi connectivity index (χ4v) is 1.06. The van der Waals surface area contributed by atoms with Gasteiger partial charge in [-0.3, -0.25) is 5.41 Å². The minimum atomic E-state index is 0.197. The van der Waals surface area contributed by atoms with Crippen LogP contribution in [0.3, 0.4) is 0 Å². The van der Waals surface area contributed by atoms with Crippen LogP contribution in [-0.4, -0.2) is 29.4 Å². The Bertz CT molecular complexity index is 323. The Hall–Kier alpha value is -1.65. The predicted octanol–water partition coefficient (Wildman–Crippen LogP) is 0.547. The van der Waals surface area contributed by atoms with Crippen LogP contribution in [0.5, 0.6) is 0 Å². The average molecular weight is 193 g/mol. The molecule has 0 spiro atoms. The number of rotatable bonds is 4. The topological polar surface area (TPSA) is 78.9 Å². The molecule has 0 saturated heterocycles. The first-order valence-electron chi connectivity index (χ1n) is 4.43. The van der Waals surface area contributed by atoms with Gasteiger partial charge in [-0.05, 0) is 13.0 Å². The maximum absolute atomic E-state index is 7.11. The largest absolute Gasteiger partial charge is 0.388 e. The number of amidine groups is 1. The number of nitrogens with two attached hydrogens (primary N) is 1. The van der Waals surface area contributed by atoms with E-state index in [0.29, 0.717) is 13.0 Å². The summed E-state index contributed by atoms with van der Waals surface area (Å²) in [6.07, 6.45) is 2.28. The first kappa shape index (κ1) is 10.4. The van der Waals surface area contributed by atoms with Crippen LogP contribution in [0.2, 0.25) is 0 Å². The number of nitrogens with zero attached hydrogens (tertiary/aromatic N) is 3. The predicted molar refractivity (Wildman–Crippen MR) is 56.6 cm³/mol. The number of anilines is 1. The zero-order chi connectivity index (χ0) is 10.6. The van der Waals surface area contributed by atoms with E-state index in [1.807, 2.05) is 24.9 Å². The molecule has 1 aromatic heterocycles. The van der Waals surface area contributed by atoms with E-state index < -0.39 is 0 Å². The molecule has 0 atom stereocenters. The van der Waals surface area contributed by atoms with Crippen LogP contribution in [0.1, 0.15) is 12.2 Å². The molecule has 0 radical (unpaired) electrons. The van der Waals surface area contributed by atoms with Gasteiger partial charge in [0.25, 0.3) is 0 Å². The Kier molecular flexibility index (Phi) is 3.39. The highest BCUT2D eigenvalue weighted by Gasteiger charge is 2.02. The van der Waals surface area contributed by atoms with Crippen molar-refractivity contribution in [2.24, 2.45) is 5.73 Å². The lowest BCUT2D eigenvalue weighted by Crippen LogP contribution is -2.24. The van der Waals surface area contributed by atoms with E-state index in [4.69, 9.17) is 11.1 Å². The van der Waals surface area contributed by atoms with Gasteiger partial charge < -0.3 is 10.6 Å². The molecule has 5 nitrogen and oxygen atoms in total. The molecule has 0 saturated carbocycles. The lowest BCUT2D eigenvalue weighted by molar-refractivity contribution is 0.874. The van der Waals surface area contributed by atoms with Crippen LogP contribution in [0, 0.1) is 12.3 Å². The highest BCUT2D eigenvalue weighted by atomic mass is 15.2. The molecule has 0 unspecified atom stereocenters. The number of nitrogens with one attached hydrogen (secondary N) is 1. The molecule has 0 amide bonds. The van der Waals surface area contributed by atoms with E-state index in [1.165, 1.54) is 0 Å². The molecule has 0 fully saturated rings. The Morgan fingerprint density at radius 3 is 2.93 bits per heavy atom. The maximum Gasteiger partial charge on any atom is 0.131 e. The second-order valence-electron chi connectivity index (χ2n) is 3.16. The summed E-state index contributed by atoms with van der Waals surface area (Å²) in [5, 5.41) is 7.11. The molecule has 0 aliphatic rings. The molecule has 0 bridgehead atoms. The van der Waals surface area contributed by atoms with E-state index in [9.17, 15) is 0 Å². The summed E-state index contributed by atoms with van der Waals surface area (Å²) in [7, 11) is 1.92. The summed E-state index contributed by atoms with van der Waals surface area (Å²) in [6, 6.07) is 1.84. The van der Waals surface area contributed by atoms with Crippen LogP contribution in [-0.2, 0) is 0 Å². The lowest BCUT2D eigenvalue weighted by Gasteiger charge is -2.17. The smallest absolute Gasteiger partial charge is 0.131 e. The molecule has 0 aliphatic heterocycles. The standard InChI is InChI=1S/C9H15N5/c1-7-12-5-3-9(13-7)14(2)6-4-8(10)11/h3,5H,4,6H2,1-2H3,(H3,10,11). The second kappa shape index (κ2) is 4.55. The maximum atomic E-state index is 7.11. The lowest BCUT2D eigenvalue weighted by atomic mass is 10.3. The molecular weight excluding hydrogens is 178 g/mol. The van der Waals surface area contributed by atoms with Gasteiger partial charge in [0.05, 0.1) is 5.84 Å². The third-order valence-electron chi connectivity index (χ3n) is 1.87. The fourth-order valence-electron chi connectivity index (χ4n) is 1.06. The molecule has 14 heavy (non-hydrogen) atoms. The van der Waals surface area contributed by atoms with Gasteiger partial charge in [0.1, 0.15) is 11.6 Å². The second-order valence-corrected chi connectivity index (χ2v) is 3.16. The van der Waals surface area contributed by atoms with Crippen molar-refractivity contribution in [3.8, 4) is 0 Å². The normalized spacial score (nSPS) is 9.86. The first-order chi connectivity index (χ1) is 6.59. The van der Waals surface area contributed by atoms with Crippen molar-refractivity contribution < 1.29 is 0 Å². The van der Waals surface area contributed by atoms with Crippen molar-refractivity contribution in [2.45, 2.75) is 13.3 Å². The van der Waals surface area contributed by atoms with Crippen molar-refractivity contribution in [1.29, 1.82) is 5.41 Å². The Morgan fingerprint density at radius 2 is 2.36 bits per heavy atom. The van der Waals surface area contributed by atoms with E-state index in [0.717, 1.165) is 11.6 Å². The van der Waals surface area contributed by atoms with Gasteiger partial charge in [-0.1, -0.05) is 0 Å². The quantitative estimate of drug-likeness (QED) is 0.540. The van der Waals surface area contributed by atoms with E-state index >= 15 is 0 Å². The van der Waals surface area contributed by atoms with Gasteiger partial charge in [0.15, 0.2) is 0 Å². The SMILES string of the molecule is Cc1nccc(N(C)CCC(=N)N)n1. The summed E-state index contributed by atoms with van der Waals surface area (Å²) < 4.78 is 0.